The maximum atomic E-state index is 13.6. The molecule has 1 aromatic rings. The molecule has 2 rings (SSSR count). The molecule has 3 heteroatoms. The van der Waals surface area contributed by atoms with Crippen LogP contribution >= 0.6 is 0 Å². The molecule has 2 nitrogen and oxygen atoms in total. The second kappa shape index (κ2) is 3.91. The van der Waals surface area contributed by atoms with Gasteiger partial charge in [-0.25, -0.2) is 4.39 Å². The van der Waals surface area contributed by atoms with Crippen molar-refractivity contribution in [2.75, 3.05) is 7.11 Å². The summed E-state index contributed by atoms with van der Waals surface area (Å²) in [6, 6.07) is 5.23. The van der Waals surface area contributed by atoms with Gasteiger partial charge in [-0.2, -0.15) is 0 Å². The van der Waals surface area contributed by atoms with Crippen molar-refractivity contribution < 1.29 is 9.13 Å². The first-order chi connectivity index (χ1) is 7.15. The number of nitrogens with two attached hydrogens (primary N) is 1. The van der Waals surface area contributed by atoms with E-state index in [4.69, 9.17) is 10.5 Å². The van der Waals surface area contributed by atoms with Crippen LogP contribution in [0.3, 0.4) is 0 Å². The Labute approximate surface area is 89.2 Å². The molecule has 0 heterocycles. The molecule has 0 atom stereocenters. The van der Waals surface area contributed by atoms with Crippen LogP contribution < -0.4 is 5.73 Å². The van der Waals surface area contributed by atoms with E-state index in [0.717, 1.165) is 24.8 Å². The van der Waals surface area contributed by atoms with Crippen molar-refractivity contribution in [3.05, 3.63) is 35.1 Å². The molecule has 0 saturated heterocycles. The first-order valence-electron chi connectivity index (χ1n) is 5.22. The monoisotopic (exact) mass is 209 g/mol. The SMILES string of the molecule is COCc1ccc(C2(N)CCC2)cc1F. The molecule has 0 unspecified atom stereocenters. The van der Waals surface area contributed by atoms with Gasteiger partial charge in [-0.3, -0.25) is 0 Å². The summed E-state index contributed by atoms with van der Waals surface area (Å²) in [5.41, 5.74) is 7.33. The molecule has 0 amide bonds. The Hall–Kier alpha value is -0.930. The number of hydrogen-bond donors (Lipinski definition) is 1. The average molecular weight is 209 g/mol. The fraction of sp³-hybridized carbons (Fsp3) is 0.500. The third kappa shape index (κ3) is 1.90. The van der Waals surface area contributed by atoms with E-state index < -0.39 is 0 Å². The minimum Gasteiger partial charge on any atom is -0.380 e. The van der Waals surface area contributed by atoms with E-state index in [1.165, 1.54) is 0 Å². The quantitative estimate of drug-likeness (QED) is 0.829. The molecule has 0 spiro atoms. The van der Waals surface area contributed by atoms with Gasteiger partial charge < -0.3 is 10.5 Å². The van der Waals surface area contributed by atoms with Crippen molar-refractivity contribution in [2.45, 2.75) is 31.4 Å². The van der Waals surface area contributed by atoms with Crippen LogP contribution in [0.5, 0.6) is 0 Å². The summed E-state index contributed by atoms with van der Waals surface area (Å²) in [4.78, 5) is 0. The van der Waals surface area contributed by atoms with E-state index in [9.17, 15) is 4.39 Å². The van der Waals surface area contributed by atoms with Gasteiger partial charge in [-0.1, -0.05) is 12.1 Å². The van der Waals surface area contributed by atoms with Crippen molar-refractivity contribution in [1.82, 2.24) is 0 Å². The normalized spacial score (nSPS) is 18.6. The van der Waals surface area contributed by atoms with Gasteiger partial charge in [0.2, 0.25) is 0 Å². The third-order valence-electron chi connectivity index (χ3n) is 3.17. The van der Waals surface area contributed by atoms with E-state index >= 15 is 0 Å². The summed E-state index contributed by atoms with van der Waals surface area (Å²) in [5.74, 6) is -0.217. The molecule has 82 valence electrons. The number of hydrogen-bond acceptors (Lipinski definition) is 2. The molecule has 2 N–H and O–H groups in total. The summed E-state index contributed by atoms with van der Waals surface area (Å²) < 4.78 is 18.5. The predicted molar refractivity (Wildman–Crippen MR) is 56.8 cm³/mol. The highest BCUT2D eigenvalue weighted by Crippen LogP contribution is 2.38. The van der Waals surface area contributed by atoms with E-state index in [0.29, 0.717) is 12.2 Å². The molecule has 1 aliphatic carbocycles. The number of halogens is 1. The Kier molecular flexibility index (Phi) is 2.76. The highest BCUT2D eigenvalue weighted by atomic mass is 19.1. The zero-order valence-corrected chi connectivity index (χ0v) is 8.92. The lowest BCUT2D eigenvalue weighted by molar-refractivity contribution is 0.181. The van der Waals surface area contributed by atoms with Crippen molar-refractivity contribution >= 4 is 0 Å². The second-order valence-corrected chi connectivity index (χ2v) is 4.25. The molecule has 0 bridgehead atoms. The second-order valence-electron chi connectivity index (χ2n) is 4.25. The number of methoxy groups -OCH3 is 1. The summed E-state index contributed by atoms with van der Waals surface area (Å²) in [7, 11) is 1.56. The molecule has 1 fully saturated rings. The van der Waals surface area contributed by atoms with Gasteiger partial charge in [0, 0.05) is 18.2 Å². The highest BCUT2D eigenvalue weighted by Gasteiger charge is 2.34. The standard InChI is InChI=1S/C12H16FNO/c1-15-8-9-3-4-10(7-11(9)13)12(14)5-2-6-12/h3-4,7H,2,5-6,8,14H2,1H3. The van der Waals surface area contributed by atoms with Gasteiger partial charge >= 0.3 is 0 Å². The molecule has 1 aliphatic rings. The Morgan fingerprint density at radius 2 is 2.20 bits per heavy atom. The van der Waals surface area contributed by atoms with Gasteiger partial charge in [0.05, 0.1) is 6.61 Å². The average Bonchev–Trinajstić information content (AvgIpc) is 2.18. The Bertz CT molecular complexity index is 361. The minimum absolute atomic E-state index is 0.217. The smallest absolute Gasteiger partial charge is 0.129 e. The molecule has 15 heavy (non-hydrogen) atoms. The van der Waals surface area contributed by atoms with E-state index in [1.54, 1.807) is 19.2 Å². The van der Waals surface area contributed by atoms with Crippen LogP contribution in [0.1, 0.15) is 30.4 Å². The molecule has 0 aromatic heterocycles. The summed E-state index contributed by atoms with van der Waals surface area (Å²) in [6.45, 7) is 0.309. The van der Waals surface area contributed by atoms with E-state index in [1.807, 2.05) is 6.07 Å². The van der Waals surface area contributed by atoms with Crippen molar-refractivity contribution in [2.24, 2.45) is 5.73 Å². The highest BCUT2D eigenvalue weighted by molar-refractivity contribution is 5.31. The first-order valence-corrected chi connectivity index (χ1v) is 5.22. The zero-order valence-electron chi connectivity index (χ0n) is 8.92. The van der Waals surface area contributed by atoms with Gasteiger partial charge in [0.15, 0.2) is 0 Å². The number of ether oxygens (including phenoxy) is 1. The Balaban J connectivity index is 2.25. The zero-order chi connectivity index (χ0) is 10.9. The van der Waals surface area contributed by atoms with Crippen LogP contribution in [0.15, 0.2) is 18.2 Å². The molecular weight excluding hydrogens is 193 g/mol. The number of benzene rings is 1. The Morgan fingerprint density at radius 1 is 1.47 bits per heavy atom. The number of rotatable bonds is 3. The topological polar surface area (TPSA) is 35.2 Å². The van der Waals surface area contributed by atoms with E-state index in [-0.39, 0.29) is 11.4 Å². The summed E-state index contributed by atoms with van der Waals surface area (Å²) in [6.07, 6.45) is 3.05. The van der Waals surface area contributed by atoms with Crippen LogP contribution in [-0.4, -0.2) is 7.11 Å². The van der Waals surface area contributed by atoms with Crippen LogP contribution in [0, 0.1) is 5.82 Å². The minimum atomic E-state index is -0.285. The Morgan fingerprint density at radius 3 is 2.67 bits per heavy atom. The van der Waals surface area contributed by atoms with Crippen molar-refractivity contribution in [1.29, 1.82) is 0 Å². The van der Waals surface area contributed by atoms with Gasteiger partial charge in [0.1, 0.15) is 5.82 Å². The van der Waals surface area contributed by atoms with Gasteiger partial charge in [-0.15, -0.1) is 0 Å². The molecule has 0 radical (unpaired) electrons. The van der Waals surface area contributed by atoms with Gasteiger partial charge in [-0.05, 0) is 30.9 Å². The largest absolute Gasteiger partial charge is 0.380 e. The van der Waals surface area contributed by atoms with Crippen molar-refractivity contribution in [3.63, 3.8) is 0 Å². The summed E-state index contributed by atoms with van der Waals surface area (Å²) in [5, 5.41) is 0. The van der Waals surface area contributed by atoms with E-state index in [2.05, 4.69) is 0 Å². The third-order valence-corrected chi connectivity index (χ3v) is 3.17. The summed E-state index contributed by atoms with van der Waals surface area (Å²) >= 11 is 0. The molecule has 0 aliphatic heterocycles. The predicted octanol–water partition coefficient (Wildman–Crippen LogP) is 2.31. The van der Waals surface area contributed by atoms with Crippen molar-refractivity contribution in [3.8, 4) is 0 Å². The maximum absolute atomic E-state index is 13.6. The lowest BCUT2D eigenvalue weighted by Crippen LogP contribution is -2.43. The first kappa shape index (κ1) is 10.6. The fourth-order valence-corrected chi connectivity index (χ4v) is 1.98. The van der Waals surface area contributed by atoms with Crippen LogP contribution in [0.25, 0.3) is 0 Å². The molecule has 1 saturated carbocycles. The lowest BCUT2D eigenvalue weighted by Gasteiger charge is -2.38. The molecule has 1 aromatic carbocycles. The van der Waals surface area contributed by atoms with Crippen LogP contribution in [0.4, 0.5) is 4.39 Å². The maximum Gasteiger partial charge on any atom is 0.129 e. The molecular formula is C12H16FNO. The fourth-order valence-electron chi connectivity index (χ4n) is 1.98. The van der Waals surface area contributed by atoms with Crippen LogP contribution in [0.2, 0.25) is 0 Å². The van der Waals surface area contributed by atoms with Gasteiger partial charge in [0.25, 0.3) is 0 Å². The van der Waals surface area contributed by atoms with Crippen LogP contribution in [-0.2, 0) is 16.9 Å². The lowest BCUT2D eigenvalue weighted by atomic mass is 9.72.